The van der Waals surface area contributed by atoms with E-state index in [0.29, 0.717) is 5.75 Å². The SMILES string of the molecule is [CH2]SCc1cccc(OC(F)(F)F)c1. The van der Waals surface area contributed by atoms with Crippen molar-refractivity contribution in [3.8, 4) is 5.75 Å². The number of benzene rings is 1. The summed E-state index contributed by atoms with van der Waals surface area (Å²) >= 11 is 1.29. The largest absolute Gasteiger partial charge is 0.573 e. The summed E-state index contributed by atoms with van der Waals surface area (Å²) in [4.78, 5) is 0. The molecule has 1 aromatic rings. The molecular weight excluding hydrogens is 213 g/mol. The second-order valence-corrected chi connectivity index (χ2v) is 3.24. The molecule has 0 bridgehead atoms. The number of alkyl halides is 3. The van der Waals surface area contributed by atoms with Gasteiger partial charge in [-0.05, 0) is 17.7 Å². The zero-order valence-corrected chi connectivity index (χ0v) is 7.99. The van der Waals surface area contributed by atoms with Crippen LogP contribution in [0.4, 0.5) is 13.2 Å². The summed E-state index contributed by atoms with van der Waals surface area (Å²) in [6.45, 7) is 0. The highest BCUT2D eigenvalue weighted by Gasteiger charge is 2.30. The van der Waals surface area contributed by atoms with E-state index in [4.69, 9.17) is 0 Å². The molecule has 1 radical (unpaired) electrons. The van der Waals surface area contributed by atoms with Crippen molar-refractivity contribution in [2.75, 3.05) is 0 Å². The van der Waals surface area contributed by atoms with Crippen molar-refractivity contribution >= 4 is 11.8 Å². The summed E-state index contributed by atoms with van der Waals surface area (Å²) in [5.74, 6) is 0.374. The second kappa shape index (κ2) is 4.59. The van der Waals surface area contributed by atoms with Gasteiger partial charge in [0.15, 0.2) is 0 Å². The fourth-order valence-corrected chi connectivity index (χ4v) is 1.37. The van der Waals surface area contributed by atoms with Crippen LogP contribution in [0.1, 0.15) is 5.56 Å². The topological polar surface area (TPSA) is 9.23 Å². The molecule has 1 rings (SSSR count). The van der Waals surface area contributed by atoms with Gasteiger partial charge in [-0.25, -0.2) is 0 Å². The van der Waals surface area contributed by atoms with E-state index in [-0.39, 0.29) is 5.75 Å². The molecule has 0 spiro atoms. The Morgan fingerprint density at radius 1 is 1.36 bits per heavy atom. The minimum absolute atomic E-state index is 0.191. The minimum atomic E-state index is -4.63. The molecule has 0 saturated heterocycles. The van der Waals surface area contributed by atoms with E-state index >= 15 is 0 Å². The smallest absolute Gasteiger partial charge is 0.406 e. The van der Waals surface area contributed by atoms with Gasteiger partial charge in [-0.1, -0.05) is 12.1 Å². The van der Waals surface area contributed by atoms with Crippen molar-refractivity contribution in [2.24, 2.45) is 0 Å². The summed E-state index contributed by atoms with van der Waals surface area (Å²) in [5.41, 5.74) is 0.756. The van der Waals surface area contributed by atoms with Gasteiger partial charge < -0.3 is 4.74 Å². The van der Waals surface area contributed by atoms with Gasteiger partial charge in [0.25, 0.3) is 0 Å². The Kier molecular flexibility index (Phi) is 3.69. The van der Waals surface area contributed by atoms with E-state index in [0.717, 1.165) is 5.56 Å². The number of hydrogen-bond acceptors (Lipinski definition) is 2. The van der Waals surface area contributed by atoms with Crippen LogP contribution < -0.4 is 4.74 Å². The lowest BCUT2D eigenvalue weighted by molar-refractivity contribution is -0.274. The Balaban J connectivity index is 2.73. The molecule has 0 heterocycles. The average Bonchev–Trinajstić information content (AvgIpc) is 2.02. The summed E-state index contributed by atoms with van der Waals surface area (Å²) in [6, 6.07) is 5.87. The standard InChI is InChI=1S/C9H8F3OS/c1-14-6-7-3-2-4-8(5-7)13-9(10,11)12/h2-5H,1,6H2. The Labute approximate surface area is 84.3 Å². The highest BCUT2D eigenvalue weighted by Crippen LogP contribution is 2.24. The van der Waals surface area contributed by atoms with E-state index in [1.807, 2.05) is 0 Å². The van der Waals surface area contributed by atoms with Crippen LogP contribution in [0.2, 0.25) is 0 Å². The number of hydrogen-bond donors (Lipinski definition) is 0. The molecule has 0 fully saturated rings. The fourth-order valence-electron chi connectivity index (χ4n) is 0.950. The van der Waals surface area contributed by atoms with Crippen molar-refractivity contribution in [1.82, 2.24) is 0 Å². The third kappa shape index (κ3) is 3.91. The van der Waals surface area contributed by atoms with E-state index in [9.17, 15) is 13.2 Å². The van der Waals surface area contributed by atoms with Crippen molar-refractivity contribution in [2.45, 2.75) is 12.1 Å². The van der Waals surface area contributed by atoms with Gasteiger partial charge in [-0.2, -0.15) is 11.8 Å². The van der Waals surface area contributed by atoms with Gasteiger partial charge in [0.2, 0.25) is 0 Å². The Morgan fingerprint density at radius 2 is 2.07 bits per heavy atom. The van der Waals surface area contributed by atoms with Crippen molar-refractivity contribution in [1.29, 1.82) is 0 Å². The quantitative estimate of drug-likeness (QED) is 0.771. The van der Waals surface area contributed by atoms with E-state index < -0.39 is 6.36 Å². The molecule has 0 amide bonds. The summed E-state index contributed by atoms with van der Waals surface area (Å²) in [6.07, 6.45) is -1.09. The van der Waals surface area contributed by atoms with E-state index in [2.05, 4.69) is 11.0 Å². The van der Waals surface area contributed by atoms with Gasteiger partial charge in [-0.15, -0.1) is 13.2 Å². The Hall–Kier alpha value is -0.840. The summed E-state index contributed by atoms with van der Waals surface area (Å²) in [5, 5.41) is 0. The molecular formula is C9H8F3OS. The monoisotopic (exact) mass is 221 g/mol. The molecule has 0 N–H and O–H groups in total. The predicted octanol–water partition coefficient (Wildman–Crippen LogP) is 3.61. The molecule has 0 atom stereocenters. The third-order valence-corrected chi connectivity index (χ3v) is 1.94. The molecule has 5 heteroatoms. The molecule has 0 unspecified atom stereocenters. The third-order valence-electron chi connectivity index (χ3n) is 1.40. The summed E-state index contributed by atoms with van der Waals surface area (Å²) in [7, 11) is 0. The first kappa shape index (κ1) is 11.2. The van der Waals surface area contributed by atoms with Crippen LogP contribution in [0.5, 0.6) is 5.75 Å². The molecule has 1 nitrogen and oxygen atoms in total. The molecule has 0 aromatic heterocycles. The number of rotatable bonds is 3. The van der Waals surface area contributed by atoms with Crippen LogP contribution >= 0.6 is 11.8 Å². The van der Waals surface area contributed by atoms with Gasteiger partial charge in [0.1, 0.15) is 5.75 Å². The number of halogens is 3. The zero-order chi connectivity index (χ0) is 10.6. The maximum absolute atomic E-state index is 11.8. The molecule has 0 aliphatic rings. The minimum Gasteiger partial charge on any atom is -0.406 e. The first-order valence-electron chi connectivity index (χ1n) is 3.73. The number of ether oxygens (including phenoxy) is 1. The highest BCUT2D eigenvalue weighted by molar-refractivity contribution is 7.99. The van der Waals surface area contributed by atoms with Crippen molar-refractivity contribution in [3.05, 3.63) is 36.1 Å². The van der Waals surface area contributed by atoms with E-state index in [1.165, 1.54) is 30.0 Å². The maximum Gasteiger partial charge on any atom is 0.573 e. The Morgan fingerprint density at radius 3 is 2.64 bits per heavy atom. The van der Waals surface area contributed by atoms with Crippen LogP contribution in [0.3, 0.4) is 0 Å². The average molecular weight is 221 g/mol. The van der Waals surface area contributed by atoms with Crippen molar-refractivity contribution in [3.63, 3.8) is 0 Å². The van der Waals surface area contributed by atoms with Crippen LogP contribution in [-0.4, -0.2) is 6.36 Å². The molecule has 0 aliphatic heterocycles. The molecule has 77 valence electrons. The first-order chi connectivity index (χ1) is 6.51. The van der Waals surface area contributed by atoms with Gasteiger partial charge in [0.05, 0.1) is 0 Å². The fraction of sp³-hybridized carbons (Fsp3) is 0.222. The highest BCUT2D eigenvalue weighted by atomic mass is 32.2. The zero-order valence-electron chi connectivity index (χ0n) is 7.17. The second-order valence-electron chi connectivity index (χ2n) is 2.54. The van der Waals surface area contributed by atoms with Crippen LogP contribution in [0.25, 0.3) is 0 Å². The van der Waals surface area contributed by atoms with Gasteiger partial charge in [-0.3, -0.25) is 0 Å². The van der Waals surface area contributed by atoms with Gasteiger partial charge >= 0.3 is 6.36 Å². The lowest BCUT2D eigenvalue weighted by Crippen LogP contribution is -2.17. The lowest BCUT2D eigenvalue weighted by Gasteiger charge is -2.09. The van der Waals surface area contributed by atoms with Crippen LogP contribution in [0, 0.1) is 6.26 Å². The molecule has 0 saturated carbocycles. The molecule has 1 aromatic carbocycles. The maximum atomic E-state index is 11.8. The first-order valence-corrected chi connectivity index (χ1v) is 4.88. The van der Waals surface area contributed by atoms with Crippen LogP contribution in [-0.2, 0) is 5.75 Å². The van der Waals surface area contributed by atoms with Gasteiger partial charge in [0, 0.05) is 12.0 Å². The molecule has 0 aliphatic carbocycles. The van der Waals surface area contributed by atoms with Crippen LogP contribution in [0.15, 0.2) is 24.3 Å². The predicted molar refractivity (Wildman–Crippen MR) is 49.8 cm³/mol. The molecule has 14 heavy (non-hydrogen) atoms. The Bertz CT molecular complexity index is 298. The number of thioether (sulfide) groups is 1. The van der Waals surface area contributed by atoms with E-state index in [1.54, 1.807) is 6.07 Å². The normalized spacial score (nSPS) is 11.4. The van der Waals surface area contributed by atoms with Crippen molar-refractivity contribution < 1.29 is 17.9 Å². The lowest BCUT2D eigenvalue weighted by atomic mass is 10.2. The summed E-state index contributed by atoms with van der Waals surface area (Å²) < 4.78 is 39.2.